The van der Waals surface area contributed by atoms with Crippen LogP contribution in [0.2, 0.25) is 0 Å². The van der Waals surface area contributed by atoms with Gasteiger partial charge < -0.3 is 5.32 Å². The average molecular weight is 302 g/mol. The summed E-state index contributed by atoms with van der Waals surface area (Å²) in [6.45, 7) is 0.404. The van der Waals surface area contributed by atoms with Crippen molar-refractivity contribution in [1.82, 2.24) is 15.1 Å². The van der Waals surface area contributed by atoms with Gasteiger partial charge in [-0.25, -0.2) is 4.68 Å². The number of benzene rings is 2. The van der Waals surface area contributed by atoms with E-state index in [-0.39, 0.29) is 5.91 Å². The molecular formula is C18H14N4O. The van der Waals surface area contributed by atoms with Gasteiger partial charge >= 0.3 is 0 Å². The molecule has 0 bridgehead atoms. The van der Waals surface area contributed by atoms with Gasteiger partial charge in [0.1, 0.15) is 0 Å². The van der Waals surface area contributed by atoms with E-state index in [1.54, 1.807) is 29.2 Å². The predicted molar refractivity (Wildman–Crippen MR) is 85.9 cm³/mol. The molecule has 1 amide bonds. The highest BCUT2D eigenvalue weighted by Gasteiger charge is 2.09. The van der Waals surface area contributed by atoms with Gasteiger partial charge in [0.15, 0.2) is 0 Å². The molecule has 0 aliphatic heterocycles. The average Bonchev–Trinajstić information content (AvgIpc) is 3.11. The quantitative estimate of drug-likeness (QED) is 0.805. The Balaban J connectivity index is 1.64. The molecular weight excluding hydrogens is 288 g/mol. The van der Waals surface area contributed by atoms with Crippen molar-refractivity contribution >= 4 is 5.91 Å². The maximum Gasteiger partial charge on any atom is 0.254 e. The van der Waals surface area contributed by atoms with Crippen LogP contribution in [0.1, 0.15) is 21.5 Å². The molecule has 5 nitrogen and oxygen atoms in total. The number of nitrogens with zero attached hydrogens (tertiary/aromatic N) is 3. The van der Waals surface area contributed by atoms with E-state index >= 15 is 0 Å². The fraction of sp³-hybridized carbons (Fsp3) is 0.0556. The molecule has 1 N–H and O–H groups in total. The third kappa shape index (κ3) is 3.44. The van der Waals surface area contributed by atoms with E-state index in [0.29, 0.717) is 17.7 Å². The van der Waals surface area contributed by atoms with Gasteiger partial charge in [-0.3, -0.25) is 4.79 Å². The fourth-order valence-electron chi connectivity index (χ4n) is 2.14. The lowest BCUT2D eigenvalue weighted by atomic mass is 10.1. The summed E-state index contributed by atoms with van der Waals surface area (Å²) >= 11 is 0. The summed E-state index contributed by atoms with van der Waals surface area (Å²) < 4.78 is 1.66. The number of carbonyl (C=O) groups is 1. The first kappa shape index (κ1) is 14.5. The number of amides is 1. The van der Waals surface area contributed by atoms with Crippen LogP contribution in [0.5, 0.6) is 0 Å². The molecule has 3 rings (SSSR count). The molecule has 5 heteroatoms. The zero-order chi connectivity index (χ0) is 16.1. The number of rotatable bonds is 4. The van der Waals surface area contributed by atoms with Crippen LogP contribution in [0.4, 0.5) is 0 Å². The van der Waals surface area contributed by atoms with Gasteiger partial charge in [0.25, 0.3) is 5.91 Å². The van der Waals surface area contributed by atoms with Crippen molar-refractivity contribution in [3.8, 4) is 11.8 Å². The zero-order valence-corrected chi connectivity index (χ0v) is 12.3. The van der Waals surface area contributed by atoms with Crippen LogP contribution >= 0.6 is 0 Å². The highest BCUT2D eigenvalue weighted by molar-refractivity contribution is 5.93. The van der Waals surface area contributed by atoms with E-state index < -0.39 is 0 Å². The number of carbonyl (C=O) groups excluding carboxylic acids is 1. The van der Waals surface area contributed by atoms with Crippen LogP contribution in [-0.4, -0.2) is 15.7 Å². The van der Waals surface area contributed by atoms with Crippen molar-refractivity contribution in [2.75, 3.05) is 0 Å². The van der Waals surface area contributed by atoms with Gasteiger partial charge in [0, 0.05) is 12.7 Å². The van der Waals surface area contributed by atoms with Gasteiger partial charge in [-0.05, 0) is 29.8 Å². The first-order valence-electron chi connectivity index (χ1n) is 7.13. The van der Waals surface area contributed by atoms with Crippen LogP contribution in [-0.2, 0) is 6.54 Å². The zero-order valence-electron chi connectivity index (χ0n) is 12.3. The van der Waals surface area contributed by atoms with Crippen LogP contribution in [0.15, 0.2) is 67.0 Å². The summed E-state index contributed by atoms with van der Waals surface area (Å²) in [5, 5.41) is 15.8. The van der Waals surface area contributed by atoms with Gasteiger partial charge in [0.05, 0.1) is 29.1 Å². The Bertz CT molecular complexity index is 845. The van der Waals surface area contributed by atoms with Crippen molar-refractivity contribution in [3.63, 3.8) is 0 Å². The number of nitrogens with one attached hydrogen (secondary N) is 1. The topological polar surface area (TPSA) is 70.7 Å². The highest BCUT2D eigenvalue weighted by atomic mass is 16.1. The second-order valence-electron chi connectivity index (χ2n) is 5.00. The van der Waals surface area contributed by atoms with E-state index in [9.17, 15) is 4.79 Å². The predicted octanol–water partition coefficient (Wildman–Crippen LogP) is 2.67. The summed E-state index contributed by atoms with van der Waals surface area (Å²) in [7, 11) is 0. The Kier molecular flexibility index (Phi) is 4.16. The maximum absolute atomic E-state index is 12.2. The van der Waals surface area contributed by atoms with Gasteiger partial charge in [-0.2, -0.15) is 10.4 Å². The number of hydrogen-bond donors (Lipinski definition) is 1. The molecule has 0 fully saturated rings. The van der Waals surface area contributed by atoms with Crippen molar-refractivity contribution in [2.24, 2.45) is 0 Å². The summed E-state index contributed by atoms with van der Waals surface area (Å²) in [4.78, 5) is 12.2. The monoisotopic (exact) mass is 302 g/mol. The van der Waals surface area contributed by atoms with Crippen molar-refractivity contribution < 1.29 is 4.79 Å². The molecule has 23 heavy (non-hydrogen) atoms. The number of hydrogen-bond acceptors (Lipinski definition) is 3. The molecule has 112 valence electrons. The fourth-order valence-corrected chi connectivity index (χ4v) is 2.14. The summed E-state index contributed by atoms with van der Waals surface area (Å²) in [5.74, 6) is -0.184. The van der Waals surface area contributed by atoms with Gasteiger partial charge in [0.2, 0.25) is 0 Å². The van der Waals surface area contributed by atoms with Gasteiger partial charge in [-0.15, -0.1) is 0 Å². The molecule has 0 atom stereocenters. The van der Waals surface area contributed by atoms with E-state index in [1.807, 2.05) is 42.5 Å². The summed E-state index contributed by atoms with van der Waals surface area (Å²) in [6, 6.07) is 18.8. The molecule has 0 aliphatic rings. The largest absolute Gasteiger partial charge is 0.348 e. The minimum atomic E-state index is -0.184. The first-order chi connectivity index (χ1) is 11.3. The molecule has 3 aromatic rings. The van der Waals surface area contributed by atoms with E-state index in [4.69, 9.17) is 5.26 Å². The van der Waals surface area contributed by atoms with Gasteiger partial charge in [-0.1, -0.05) is 30.3 Å². The smallest absolute Gasteiger partial charge is 0.254 e. The molecule has 0 radical (unpaired) electrons. The molecule has 0 saturated heterocycles. The molecule has 0 saturated carbocycles. The number of nitriles is 1. The molecule has 0 unspecified atom stereocenters. The summed E-state index contributed by atoms with van der Waals surface area (Å²) in [5.41, 5.74) is 2.94. The Hall–Kier alpha value is -3.39. The second kappa shape index (κ2) is 6.58. The lowest BCUT2D eigenvalue weighted by Gasteiger charge is -2.04. The second-order valence-corrected chi connectivity index (χ2v) is 5.00. The minimum Gasteiger partial charge on any atom is -0.348 e. The molecule has 1 aromatic heterocycles. The SMILES string of the molecule is N#Cc1ccc(CNC(=O)c2cnn(-c3ccccc3)c2)cc1. The van der Waals surface area contributed by atoms with Crippen molar-refractivity contribution in [1.29, 1.82) is 5.26 Å². The Morgan fingerprint density at radius 1 is 1.13 bits per heavy atom. The lowest BCUT2D eigenvalue weighted by Crippen LogP contribution is -2.22. The first-order valence-corrected chi connectivity index (χ1v) is 7.13. The third-order valence-corrected chi connectivity index (χ3v) is 3.40. The number of para-hydroxylation sites is 1. The van der Waals surface area contributed by atoms with Crippen molar-refractivity contribution in [2.45, 2.75) is 6.54 Å². The molecule has 1 heterocycles. The van der Waals surface area contributed by atoms with Crippen LogP contribution < -0.4 is 5.32 Å². The van der Waals surface area contributed by atoms with Crippen molar-refractivity contribution in [3.05, 3.63) is 83.7 Å². The third-order valence-electron chi connectivity index (χ3n) is 3.40. The van der Waals surface area contributed by atoms with E-state index in [0.717, 1.165) is 11.3 Å². The number of aromatic nitrogens is 2. The van der Waals surface area contributed by atoms with Crippen LogP contribution in [0, 0.1) is 11.3 Å². The standard InChI is InChI=1S/C18H14N4O/c19-10-14-6-8-15(9-7-14)11-20-18(23)16-12-21-22(13-16)17-4-2-1-3-5-17/h1-9,12-13H,11H2,(H,20,23). The molecule has 2 aromatic carbocycles. The van der Waals surface area contributed by atoms with Crippen LogP contribution in [0.25, 0.3) is 5.69 Å². The van der Waals surface area contributed by atoms with Crippen LogP contribution in [0.3, 0.4) is 0 Å². The normalized spacial score (nSPS) is 10.0. The maximum atomic E-state index is 12.2. The minimum absolute atomic E-state index is 0.184. The molecule has 0 spiro atoms. The van der Waals surface area contributed by atoms with E-state index in [2.05, 4.69) is 16.5 Å². The van der Waals surface area contributed by atoms with E-state index in [1.165, 1.54) is 0 Å². The molecule has 0 aliphatic carbocycles. The Morgan fingerprint density at radius 3 is 2.57 bits per heavy atom. The summed E-state index contributed by atoms with van der Waals surface area (Å²) in [6.07, 6.45) is 3.24. The lowest BCUT2D eigenvalue weighted by molar-refractivity contribution is 0.0951. The highest BCUT2D eigenvalue weighted by Crippen LogP contribution is 2.08. The Morgan fingerprint density at radius 2 is 1.87 bits per heavy atom. The Labute approximate surface area is 133 Å².